The van der Waals surface area contributed by atoms with E-state index in [1.165, 1.54) is 0 Å². The number of amides is 1. The van der Waals surface area contributed by atoms with Gasteiger partial charge in [0.1, 0.15) is 25.9 Å². The molecule has 22 heteroatoms. The molecule has 0 bridgehead atoms. The number of hydrogen-bond donors (Lipinski definition) is 1. The number of carboxylic acid groups (broad SMARTS) is 1. The van der Waals surface area contributed by atoms with Gasteiger partial charge in [0.2, 0.25) is 0 Å². The molecule has 0 aliphatic carbocycles. The van der Waals surface area contributed by atoms with Crippen molar-refractivity contribution in [1.82, 2.24) is 9.78 Å². The maximum absolute atomic E-state index is 12.9. The van der Waals surface area contributed by atoms with Gasteiger partial charge in [0.05, 0.1) is 38.6 Å². The fourth-order valence-corrected chi connectivity index (χ4v) is 4.46. The van der Waals surface area contributed by atoms with Crippen molar-refractivity contribution in [2.45, 2.75) is 9.79 Å². The molecule has 4 rings (SSSR count). The van der Waals surface area contributed by atoms with Gasteiger partial charge in [-0.05, 0) is 54.6 Å². The maximum Gasteiger partial charge on any atom is 1.00 e. The van der Waals surface area contributed by atoms with Crippen LogP contribution in [0.15, 0.2) is 85.9 Å². The number of nitrogens with zero attached hydrogens (tertiary/aromatic N) is 3. The van der Waals surface area contributed by atoms with Crippen LogP contribution in [0.2, 0.25) is 0 Å². The zero-order valence-corrected chi connectivity index (χ0v) is 38.0. The Morgan fingerprint density at radius 2 is 1.36 bits per heavy atom. The molecule has 1 N–H and O–H groups in total. The first kappa shape index (κ1) is 46.4. The number of carboxylic acids is 1. The van der Waals surface area contributed by atoms with E-state index in [-0.39, 0.29) is 222 Å². The Morgan fingerprint density at radius 1 is 0.867 bits per heavy atom. The van der Waals surface area contributed by atoms with E-state index in [9.17, 15) is 50.2 Å². The predicted octanol–water partition coefficient (Wildman–Crippen LogP) is -13.5. The summed E-state index contributed by atoms with van der Waals surface area (Å²) in [5.41, 5.74) is -2.50. The number of nitrogens with one attached hydrogen (secondary N) is 1. The number of hydrazone groups is 1. The van der Waals surface area contributed by atoms with Crippen LogP contribution in [0.1, 0.15) is 5.56 Å². The van der Waals surface area contributed by atoms with E-state index in [1.54, 1.807) is 0 Å². The van der Waals surface area contributed by atoms with Crippen molar-refractivity contribution >= 4 is 56.1 Å². The molecule has 1 aliphatic rings. The Kier molecular flexibility index (Phi) is 20.3. The fourth-order valence-electron chi connectivity index (χ4n) is 3.53. The van der Waals surface area contributed by atoms with Crippen LogP contribution < -0.4 is 226 Å². The summed E-state index contributed by atoms with van der Waals surface area (Å²) in [6.07, 6.45) is 3.07. The minimum Gasteiger partial charge on any atom is -0.744 e. The fraction of sp³-hybridized carbons (Fsp3) is 0. The number of ether oxygens (including phenoxy) is 1. The van der Waals surface area contributed by atoms with Crippen molar-refractivity contribution in [2.75, 3.05) is 5.01 Å². The molecule has 45 heavy (non-hydrogen) atoms. The van der Waals surface area contributed by atoms with E-state index in [2.05, 4.69) is 14.9 Å². The summed E-state index contributed by atoms with van der Waals surface area (Å²) in [5, 5.41) is 18.3. The topological polar surface area (TPSA) is 251 Å². The number of aromatic nitrogens is 2. The molecular formula is C23H12K4N4O12S2. The Labute approximate surface area is 425 Å². The van der Waals surface area contributed by atoms with Crippen molar-refractivity contribution in [3.8, 4) is 11.6 Å². The van der Waals surface area contributed by atoms with Crippen LogP contribution in [-0.2, 0) is 34.6 Å². The zero-order valence-electron chi connectivity index (χ0n) is 23.9. The summed E-state index contributed by atoms with van der Waals surface area (Å²) in [4.78, 5) is 47.1. The van der Waals surface area contributed by atoms with Gasteiger partial charge >= 0.3 is 206 Å². The predicted molar refractivity (Wildman–Crippen MR) is 132 cm³/mol. The number of H-pyrrole nitrogens is 1. The summed E-state index contributed by atoms with van der Waals surface area (Å²) in [5.74, 6) is -3.25. The maximum atomic E-state index is 12.9. The summed E-state index contributed by atoms with van der Waals surface area (Å²) in [6.45, 7) is 1.12. The van der Waals surface area contributed by atoms with E-state index in [0.29, 0.717) is 5.01 Å². The van der Waals surface area contributed by atoms with Crippen LogP contribution in [0.25, 0.3) is 11.8 Å². The van der Waals surface area contributed by atoms with Crippen molar-refractivity contribution in [2.24, 2.45) is 5.10 Å². The Balaban J connectivity index is 0.00000484. The van der Waals surface area contributed by atoms with Crippen LogP contribution >= 0.6 is 0 Å². The first-order chi connectivity index (χ1) is 19.2. The number of carbonyl (C=O) groups excluding carboxylic acids is 3. The van der Waals surface area contributed by atoms with Crippen LogP contribution in [0, 0.1) is 0 Å². The minimum absolute atomic E-state index is 0. The molecule has 1 aromatic heterocycles. The third-order valence-electron chi connectivity index (χ3n) is 5.39. The van der Waals surface area contributed by atoms with E-state index in [1.807, 2.05) is 0 Å². The molecule has 0 unspecified atom stereocenters. The molecular weight excluding hydrogens is 745 g/mol. The summed E-state index contributed by atoms with van der Waals surface area (Å²) < 4.78 is 72.3. The van der Waals surface area contributed by atoms with Gasteiger partial charge in [-0.3, -0.25) is 9.59 Å². The van der Waals surface area contributed by atoms with Crippen LogP contribution in [0.3, 0.4) is 0 Å². The molecule has 16 nitrogen and oxygen atoms in total. The quantitative estimate of drug-likeness (QED) is 0.0925. The zero-order chi connectivity index (χ0) is 30.1. The Morgan fingerprint density at radius 3 is 1.80 bits per heavy atom. The molecule has 1 amide bonds. The van der Waals surface area contributed by atoms with E-state index >= 15 is 0 Å². The molecule has 0 fully saturated rings. The second-order valence-corrected chi connectivity index (χ2v) is 10.6. The van der Waals surface area contributed by atoms with Gasteiger partial charge in [0.15, 0.2) is 6.47 Å². The number of allylic oxidation sites excluding steroid dienone is 2. The van der Waals surface area contributed by atoms with Crippen molar-refractivity contribution in [3.63, 3.8) is 0 Å². The Bertz CT molecular complexity index is 1950. The van der Waals surface area contributed by atoms with Gasteiger partial charge in [-0.15, -0.1) is 0 Å². The third-order valence-corrected chi connectivity index (χ3v) is 7.08. The number of aromatic amines is 1. The largest absolute Gasteiger partial charge is 1.00 e. The molecule has 0 atom stereocenters. The molecule has 0 saturated heterocycles. The van der Waals surface area contributed by atoms with E-state index < -0.39 is 64.6 Å². The smallest absolute Gasteiger partial charge is 0.744 e. The summed E-state index contributed by atoms with van der Waals surface area (Å²) >= 11 is 0. The van der Waals surface area contributed by atoms with Gasteiger partial charge in [-0.1, -0.05) is 12.2 Å². The number of rotatable bonds is 9. The van der Waals surface area contributed by atoms with Gasteiger partial charge in [0, 0.05) is 5.56 Å². The average molecular weight is 757 g/mol. The molecule has 0 saturated carbocycles. The van der Waals surface area contributed by atoms with Crippen molar-refractivity contribution in [3.05, 3.63) is 82.2 Å². The van der Waals surface area contributed by atoms with E-state index in [0.717, 1.165) is 77.9 Å². The van der Waals surface area contributed by atoms with Gasteiger partial charge in [-0.25, -0.2) is 21.5 Å². The van der Waals surface area contributed by atoms with Crippen molar-refractivity contribution in [1.29, 1.82) is 0 Å². The molecule has 2 heterocycles. The van der Waals surface area contributed by atoms with E-state index in [4.69, 9.17) is 0 Å². The summed E-state index contributed by atoms with van der Waals surface area (Å²) in [6, 6.07) is 8.05. The SMILES string of the molecule is O=[C-]Oc1[nH]n(-c2ccc(S(=O)(=O)[O-])cc2)c(=O)c1C=C/C=C1\C(=O)N(c2ccc(S(=O)(=O)[O-])cc2)N=C1C(=O)[O-].[K+].[K+].[K+].[K+]. The monoisotopic (exact) mass is 756 g/mol. The molecule has 0 spiro atoms. The molecule has 3 aromatic rings. The second-order valence-electron chi connectivity index (χ2n) is 7.87. The Hall–Kier alpha value is 1.38. The molecule has 212 valence electrons. The van der Waals surface area contributed by atoms with Crippen LogP contribution in [0.4, 0.5) is 5.69 Å². The number of carbonyl (C=O) groups is 2. The minimum atomic E-state index is -4.78. The molecule has 2 aromatic carbocycles. The first-order valence-electron chi connectivity index (χ1n) is 10.8. The standard InChI is InChI=1S/C23H15N4O12S2.4K/c28-12-39-20-18(22(30)27(25-20)14-6-10-16(11-7-14)41(36,37)38)3-1-2-17-19(23(31)32)24-26(21(17)29)13-4-8-15(9-5-13)40(33,34)35;;;;/h1-11,25H,(H,31,32)(H,33,34,35)(H,36,37,38);;;;/q-1;4*+1/p-3/b3-1?,17-2-;;;;. The van der Waals surface area contributed by atoms with Crippen LogP contribution in [-0.4, -0.2) is 59.8 Å². The number of anilines is 1. The number of hydrogen-bond acceptors (Lipinski definition) is 13. The van der Waals surface area contributed by atoms with Crippen LogP contribution in [0.5, 0.6) is 5.88 Å². The number of benzene rings is 2. The first-order valence-corrected chi connectivity index (χ1v) is 13.6. The van der Waals surface area contributed by atoms with Gasteiger partial charge in [-0.2, -0.15) is 10.1 Å². The number of aliphatic carboxylic acids is 1. The average Bonchev–Trinajstić information content (AvgIpc) is 3.40. The normalized spacial score (nSPS) is 13.6. The molecule has 0 radical (unpaired) electrons. The molecule has 1 aliphatic heterocycles. The summed E-state index contributed by atoms with van der Waals surface area (Å²) in [7, 11) is -9.53. The second kappa shape index (κ2) is 19.7. The van der Waals surface area contributed by atoms with Gasteiger partial charge in [0.25, 0.3) is 11.5 Å². The third kappa shape index (κ3) is 11.4. The van der Waals surface area contributed by atoms with Crippen molar-refractivity contribution < 1.29 is 256 Å². The van der Waals surface area contributed by atoms with Gasteiger partial charge < -0.3 is 33.6 Å².